The van der Waals surface area contributed by atoms with Gasteiger partial charge in [0.15, 0.2) is 11.8 Å². The fraction of sp³-hybridized carbons (Fsp3) is 0.0667. The van der Waals surface area contributed by atoms with Crippen LogP contribution >= 0.6 is 27.5 Å². The van der Waals surface area contributed by atoms with E-state index in [-0.39, 0.29) is 17.7 Å². The first-order chi connectivity index (χ1) is 11.1. The molecule has 1 amide bonds. The summed E-state index contributed by atoms with van der Waals surface area (Å²) in [5.41, 5.74) is 1.16. The van der Waals surface area contributed by atoms with Crippen LogP contribution in [0.2, 0.25) is 5.15 Å². The molecule has 1 N–H and O–H groups in total. The zero-order chi connectivity index (χ0) is 16.2. The number of halogens is 2. The molecule has 0 spiro atoms. The molecule has 0 saturated carbocycles. The highest BCUT2D eigenvalue weighted by Gasteiger charge is 2.10. The lowest BCUT2D eigenvalue weighted by molar-refractivity contribution is -0.118. The Morgan fingerprint density at radius 2 is 2.13 bits per heavy atom. The first kappa shape index (κ1) is 15.6. The van der Waals surface area contributed by atoms with E-state index < -0.39 is 0 Å². The van der Waals surface area contributed by atoms with E-state index in [1.807, 2.05) is 18.2 Å². The third-order valence-corrected chi connectivity index (χ3v) is 3.73. The van der Waals surface area contributed by atoms with Crippen molar-refractivity contribution in [3.8, 4) is 5.88 Å². The molecule has 0 fully saturated rings. The van der Waals surface area contributed by atoms with E-state index in [0.29, 0.717) is 17.0 Å². The predicted octanol–water partition coefficient (Wildman–Crippen LogP) is 3.46. The Balaban J connectivity index is 1.72. The topological polar surface area (TPSA) is 77.0 Å². The van der Waals surface area contributed by atoms with Crippen LogP contribution in [-0.4, -0.2) is 27.5 Å². The normalized spacial score (nSPS) is 10.5. The number of nitrogens with zero attached hydrogens (tertiary/aromatic N) is 3. The Bertz CT molecular complexity index is 875. The summed E-state index contributed by atoms with van der Waals surface area (Å²) in [5, 5.41) is 3.57. The minimum absolute atomic E-state index is 0.205. The summed E-state index contributed by atoms with van der Waals surface area (Å²) in [6.07, 6.45) is 2.93. The van der Waals surface area contributed by atoms with Crippen LogP contribution in [-0.2, 0) is 4.79 Å². The van der Waals surface area contributed by atoms with E-state index in [9.17, 15) is 4.79 Å². The van der Waals surface area contributed by atoms with Crippen molar-refractivity contribution in [1.29, 1.82) is 0 Å². The van der Waals surface area contributed by atoms with Gasteiger partial charge in [0, 0.05) is 10.7 Å². The van der Waals surface area contributed by atoms with Crippen LogP contribution in [0.1, 0.15) is 0 Å². The molecule has 0 unspecified atom stereocenters. The second-order valence-electron chi connectivity index (χ2n) is 4.52. The van der Waals surface area contributed by atoms with E-state index >= 15 is 0 Å². The molecule has 6 nitrogen and oxygen atoms in total. The molecule has 0 aliphatic heterocycles. The molecule has 2 heterocycles. The molecule has 0 aliphatic rings. The van der Waals surface area contributed by atoms with Crippen molar-refractivity contribution < 1.29 is 9.53 Å². The Labute approximate surface area is 145 Å². The summed E-state index contributed by atoms with van der Waals surface area (Å²) in [4.78, 5) is 24.1. The first-order valence-corrected chi connectivity index (χ1v) is 7.74. The summed E-state index contributed by atoms with van der Waals surface area (Å²) in [5.74, 6) is -0.0228. The largest absolute Gasteiger partial charge is 0.467 e. The van der Waals surface area contributed by atoms with E-state index in [1.54, 1.807) is 18.3 Å². The van der Waals surface area contributed by atoms with E-state index in [4.69, 9.17) is 16.3 Å². The quantitative estimate of drug-likeness (QED) is 0.687. The summed E-state index contributed by atoms with van der Waals surface area (Å²) in [6.45, 7) is -0.205. The lowest BCUT2D eigenvalue weighted by Crippen LogP contribution is -2.20. The molecular formula is C15H10BrClN4O2. The summed E-state index contributed by atoms with van der Waals surface area (Å²) >= 11 is 9.28. The molecule has 8 heteroatoms. The number of carbonyl (C=O) groups is 1. The molecule has 0 bridgehead atoms. The molecule has 1 aromatic carbocycles. The monoisotopic (exact) mass is 392 g/mol. The number of nitrogens with one attached hydrogen (secondary N) is 1. The number of aromatic nitrogens is 3. The van der Waals surface area contributed by atoms with Gasteiger partial charge in [-0.25, -0.2) is 15.0 Å². The van der Waals surface area contributed by atoms with Crippen molar-refractivity contribution in [2.75, 3.05) is 11.9 Å². The SMILES string of the molecule is O=C(COc1ncnc2ccc(Br)cc12)Nc1cccnc1Cl. The number of ether oxygens (including phenoxy) is 1. The highest BCUT2D eigenvalue weighted by molar-refractivity contribution is 9.10. The third-order valence-electron chi connectivity index (χ3n) is 2.93. The number of pyridine rings is 1. The van der Waals surface area contributed by atoms with Gasteiger partial charge in [-0.05, 0) is 30.3 Å². The molecule has 23 heavy (non-hydrogen) atoms. The molecular weight excluding hydrogens is 384 g/mol. The van der Waals surface area contributed by atoms with Crippen molar-refractivity contribution in [3.63, 3.8) is 0 Å². The van der Waals surface area contributed by atoms with Gasteiger partial charge < -0.3 is 10.1 Å². The highest BCUT2D eigenvalue weighted by Crippen LogP contribution is 2.25. The molecule has 0 aliphatic carbocycles. The lowest BCUT2D eigenvalue weighted by atomic mass is 10.2. The molecule has 2 aromatic heterocycles. The fourth-order valence-electron chi connectivity index (χ4n) is 1.92. The minimum Gasteiger partial charge on any atom is -0.467 e. The van der Waals surface area contributed by atoms with Crippen molar-refractivity contribution in [1.82, 2.24) is 15.0 Å². The van der Waals surface area contributed by atoms with Crippen molar-refractivity contribution in [3.05, 3.63) is 52.5 Å². The summed E-state index contributed by atoms with van der Waals surface area (Å²) in [6, 6.07) is 8.88. The van der Waals surface area contributed by atoms with Gasteiger partial charge in [-0.3, -0.25) is 4.79 Å². The summed E-state index contributed by atoms with van der Waals surface area (Å²) < 4.78 is 6.37. The number of carbonyl (C=O) groups excluding carboxylic acids is 1. The molecule has 0 saturated heterocycles. The number of hydrogen-bond acceptors (Lipinski definition) is 5. The minimum atomic E-state index is -0.360. The van der Waals surface area contributed by atoms with Gasteiger partial charge in [0.2, 0.25) is 5.88 Å². The second kappa shape index (κ2) is 6.89. The second-order valence-corrected chi connectivity index (χ2v) is 5.79. The van der Waals surface area contributed by atoms with Gasteiger partial charge in [0.1, 0.15) is 6.33 Å². The van der Waals surface area contributed by atoms with Gasteiger partial charge in [-0.15, -0.1) is 0 Å². The number of hydrogen-bond donors (Lipinski definition) is 1. The zero-order valence-corrected chi connectivity index (χ0v) is 14.0. The maximum Gasteiger partial charge on any atom is 0.262 e. The van der Waals surface area contributed by atoms with E-state index in [1.165, 1.54) is 6.33 Å². The lowest BCUT2D eigenvalue weighted by Gasteiger charge is -2.09. The van der Waals surface area contributed by atoms with Crippen LogP contribution in [0.4, 0.5) is 5.69 Å². The predicted molar refractivity (Wildman–Crippen MR) is 90.6 cm³/mol. The average molecular weight is 394 g/mol. The molecule has 0 radical (unpaired) electrons. The number of benzene rings is 1. The van der Waals surface area contributed by atoms with Crippen LogP contribution in [0.25, 0.3) is 10.9 Å². The van der Waals surface area contributed by atoms with Crippen molar-refractivity contribution >= 4 is 50.0 Å². The van der Waals surface area contributed by atoms with Gasteiger partial charge in [0.25, 0.3) is 5.91 Å². The third kappa shape index (κ3) is 3.75. The van der Waals surface area contributed by atoms with Gasteiger partial charge >= 0.3 is 0 Å². The first-order valence-electron chi connectivity index (χ1n) is 6.57. The number of rotatable bonds is 4. The highest BCUT2D eigenvalue weighted by atomic mass is 79.9. The van der Waals surface area contributed by atoms with Crippen molar-refractivity contribution in [2.45, 2.75) is 0 Å². The zero-order valence-electron chi connectivity index (χ0n) is 11.7. The number of anilines is 1. The Hall–Kier alpha value is -2.25. The average Bonchev–Trinajstić information content (AvgIpc) is 2.55. The maximum absolute atomic E-state index is 12.0. The maximum atomic E-state index is 12.0. The number of fused-ring (bicyclic) bond motifs is 1. The molecule has 116 valence electrons. The standard InChI is InChI=1S/C15H10BrClN4O2/c16-9-3-4-11-10(6-9)15(20-8-19-11)23-7-13(22)21-12-2-1-5-18-14(12)17/h1-6,8H,7H2,(H,21,22). The van der Waals surface area contributed by atoms with Crippen molar-refractivity contribution in [2.24, 2.45) is 0 Å². The van der Waals surface area contributed by atoms with Crippen LogP contribution in [0.5, 0.6) is 5.88 Å². The Morgan fingerprint density at radius 1 is 1.26 bits per heavy atom. The molecule has 3 rings (SSSR count). The van der Waals surface area contributed by atoms with Gasteiger partial charge in [0.05, 0.1) is 16.6 Å². The van der Waals surface area contributed by atoms with Crippen LogP contribution in [0.15, 0.2) is 47.3 Å². The van der Waals surface area contributed by atoms with Gasteiger partial charge in [-0.1, -0.05) is 27.5 Å². The van der Waals surface area contributed by atoms with Crippen LogP contribution in [0, 0.1) is 0 Å². The fourth-order valence-corrected chi connectivity index (χ4v) is 2.45. The van der Waals surface area contributed by atoms with Gasteiger partial charge in [-0.2, -0.15) is 0 Å². The van der Waals surface area contributed by atoms with E-state index in [2.05, 4.69) is 36.2 Å². The molecule has 0 atom stereocenters. The number of amides is 1. The smallest absolute Gasteiger partial charge is 0.262 e. The van der Waals surface area contributed by atoms with E-state index in [0.717, 1.165) is 9.99 Å². The Kier molecular flexibility index (Phi) is 4.68. The van der Waals surface area contributed by atoms with Crippen LogP contribution < -0.4 is 10.1 Å². The molecule has 3 aromatic rings. The summed E-state index contributed by atoms with van der Waals surface area (Å²) in [7, 11) is 0. The Morgan fingerprint density at radius 3 is 2.96 bits per heavy atom. The van der Waals surface area contributed by atoms with Crippen LogP contribution in [0.3, 0.4) is 0 Å².